The Bertz CT molecular complexity index is 457. The van der Waals surface area contributed by atoms with Crippen molar-refractivity contribution in [1.82, 2.24) is 10.2 Å². The van der Waals surface area contributed by atoms with Crippen molar-refractivity contribution >= 4 is 0 Å². The van der Waals surface area contributed by atoms with Crippen LogP contribution in [0.1, 0.15) is 31.4 Å². The van der Waals surface area contributed by atoms with E-state index >= 15 is 0 Å². The summed E-state index contributed by atoms with van der Waals surface area (Å²) >= 11 is 0. The molecule has 1 N–H and O–H groups in total. The van der Waals surface area contributed by atoms with Gasteiger partial charge in [-0.2, -0.15) is 13.2 Å². The molecule has 1 atom stereocenters. The average Bonchev–Trinajstić information content (AvgIpc) is 2.37. The quantitative estimate of drug-likeness (QED) is 0.915. The van der Waals surface area contributed by atoms with Gasteiger partial charge in [0.05, 0.1) is 5.56 Å². The topological polar surface area (TPSA) is 15.3 Å². The molecule has 0 radical (unpaired) electrons. The minimum Gasteiger partial charge on any atom is -0.311 e. The lowest BCUT2D eigenvalue weighted by atomic mass is 10.0. The van der Waals surface area contributed by atoms with Crippen molar-refractivity contribution in [2.24, 2.45) is 5.92 Å². The monoisotopic (exact) mass is 300 g/mol. The van der Waals surface area contributed by atoms with Crippen molar-refractivity contribution < 1.29 is 13.2 Å². The second kappa shape index (κ2) is 6.79. The Morgan fingerprint density at radius 1 is 1.33 bits per heavy atom. The first-order chi connectivity index (χ1) is 9.84. The molecule has 1 aromatic rings. The van der Waals surface area contributed by atoms with E-state index in [2.05, 4.69) is 24.1 Å². The molecule has 2 nitrogen and oxygen atoms in total. The van der Waals surface area contributed by atoms with Crippen molar-refractivity contribution in [3.05, 3.63) is 35.4 Å². The second-order valence-electron chi connectivity index (χ2n) is 6.21. The Balaban J connectivity index is 1.98. The van der Waals surface area contributed by atoms with Crippen molar-refractivity contribution in [1.29, 1.82) is 0 Å². The molecular weight excluding hydrogens is 277 g/mol. The number of rotatable bonds is 4. The van der Waals surface area contributed by atoms with E-state index in [1.165, 1.54) is 12.1 Å². The Morgan fingerprint density at radius 2 is 2.10 bits per heavy atom. The molecule has 0 aliphatic carbocycles. The van der Waals surface area contributed by atoms with Gasteiger partial charge >= 0.3 is 6.18 Å². The molecule has 1 fully saturated rings. The zero-order valence-electron chi connectivity index (χ0n) is 12.6. The molecule has 0 bridgehead atoms. The number of hydrogen-bond acceptors (Lipinski definition) is 2. The maximum absolute atomic E-state index is 12.7. The van der Waals surface area contributed by atoms with E-state index in [-0.39, 0.29) is 0 Å². The SMILES string of the molecule is CC(C)CC1CN(Cc2cccc(C(F)(F)F)c2)CCN1. The van der Waals surface area contributed by atoms with E-state index in [0.717, 1.165) is 37.7 Å². The fourth-order valence-corrected chi connectivity index (χ4v) is 2.87. The molecule has 1 saturated heterocycles. The molecule has 1 aliphatic rings. The molecule has 2 rings (SSSR count). The highest BCUT2D eigenvalue weighted by Crippen LogP contribution is 2.29. The normalized spacial score (nSPS) is 21.0. The summed E-state index contributed by atoms with van der Waals surface area (Å²) in [5.41, 5.74) is 0.170. The third-order valence-electron chi connectivity index (χ3n) is 3.76. The lowest BCUT2D eigenvalue weighted by Gasteiger charge is -2.34. The van der Waals surface area contributed by atoms with Crippen molar-refractivity contribution in [3.8, 4) is 0 Å². The van der Waals surface area contributed by atoms with E-state index in [1.54, 1.807) is 6.07 Å². The summed E-state index contributed by atoms with van der Waals surface area (Å²) in [5, 5.41) is 3.48. The van der Waals surface area contributed by atoms with E-state index in [4.69, 9.17) is 0 Å². The third kappa shape index (κ3) is 5.00. The maximum atomic E-state index is 12.7. The fourth-order valence-electron chi connectivity index (χ4n) is 2.87. The minimum absolute atomic E-state index is 0.435. The van der Waals surface area contributed by atoms with Crippen LogP contribution in [-0.4, -0.2) is 30.6 Å². The van der Waals surface area contributed by atoms with Crippen LogP contribution < -0.4 is 5.32 Å². The zero-order valence-corrected chi connectivity index (χ0v) is 12.6. The minimum atomic E-state index is -4.26. The number of benzene rings is 1. The van der Waals surface area contributed by atoms with E-state index < -0.39 is 11.7 Å². The lowest BCUT2D eigenvalue weighted by molar-refractivity contribution is -0.137. The summed E-state index contributed by atoms with van der Waals surface area (Å²) in [6.45, 7) is 7.64. The summed E-state index contributed by atoms with van der Waals surface area (Å²) in [5.74, 6) is 0.621. The molecule has 0 aromatic heterocycles. The van der Waals surface area contributed by atoms with Crippen molar-refractivity contribution in [2.75, 3.05) is 19.6 Å². The van der Waals surface area contributed by atoms with Crippen LogP contribution in [0, 0.1) is 5.92 Å². The Kier molecular flexibility index (Phi) is 5.27. The molecule has 0 amide bonds. The predicted octanol–water partition coefficient (Wildman–Crippen LogP) is 3.53. The number of alkyl halides is 3. The Labute approximate surface area is 124 Å². The highest BCUT2D eigenvalue weighted by atomic mass is 19.4. The van der Waals surface area contributed by atoms with Gasteiger partial charge in [-0.1, -0.05) is 32.0 Å². The van der Waals surface area contributed by atoms with Gasteiger partial charge in [0.25, 0.3) is 0 Å². The van der Waals surface area contributed by atoms with Crippen LogP contribution >= 0.6 is 0 Å². The lowest BCUT2D eigenvalue weighted by Crippen LogP contribution is -2.50. The molecule has 0 saturated carbocycles. The van der Waals surface area contributed by atoms with Gasteiger partial charge in [0.1, 0.15) is 0 Å². The van der Waals surface area contributed by atoms with E-state index in [1.807, 2.05) is 0 Å². The summed E-state index contributed by atoms with van der Waals surface area (Å²) in [6.07, 6.45) is -3.17. The van der Waals surface area contributed by atoms with E-state index in [9.17, 15) is 13.2 Å². The first-order valence-electron chi connectivity index (χ1n) is 7.46. The van der Waals surface area contributed by atoms with Gasteiger partial charge in [-0.15, -0.1) is 0 Å². The largest absolute Gasteiger partial charge is 0.416 e. The summed E-state index contributed by atoms with van der Waals surface area (Å²) < 4.78 is 38.2. The molecular formula is C16H23F3N2. The number of halogens is 3. The van der Waals surface area contributed by atoms with Gasteiger partial charge in [0.15, 0.2) is 0 Å². The average molecular weight is 300 g/mol. The molecule has 1 unspecified atom stereocenters. The van der Waals surface area contributed by atoms with Crippen LogP contribution in [0.25, 0.3) is 0 Å². The van der Waals surface area contributed by atoms with Crippen LogP contribution in [0.4, 0.5) is 13.2 Å². The van der Waals surface area contributed by atoms with E-state index in [0.29, 0.717) is 18.5 Å². The van der Waals surface area contributed by atoms with Gasteiger partial charge in [0.2, 0.25) is 0 Å². The molecule has 118 valence electrons. The highest BCUT2D eigenvalue weighted by Gasteiger charge is 2.30. The fraction of sp³-hybridized carbons (Fsp3) is 0.625. The number of nitrogens with one attached hydrogen (secondary N) is 1. The molecule has 5 heteroatoms. The first-order valence-corrected chi connectivity index (χ1v) is 7.46. The van der Waals surface area contributed by atoms with Crippen molar-refractivity contribution in [2.45, 2.75) is 39.0 Å². The number of hydrogen-bond donors (Lipinski definition) is 1. The van der Waals surface area contributed by atoms with Crippen LogP contribution in [0.3, 0.4) is 0 Å². The Morgan fingerprint density at radius 3 is 2.76 bits per heavy atom. The smallest absolute Gasteiger partial charge is 0.311 e. The standard InChI is InChI=1S/C16H23F3N2/c1-12(2)8-15-11-21(7-6-20-15)10-13-4-3-5-14(9-13)16(17,18)19/h3-5,9,12,15,20H,6-8,10-11H2,1-2H3. The summed E-state index contributed by atoms with van der Waals surface area (Å²) in [7, 11) is 0. The molecule has 0 spiro atoms. The van der Waals surface area contributed by atoms with Gasteiger partial charge in [-0.3, -0.25) is 4.90 Å². The van der Waals surface area contributed by atoms with Crippen molar-refractivity contribution in [3.63, 3.8) is 0 Å². The molecule has 21 heavy (non-hydrogen) atoms. The maximum Gasteiger partial charge on any atom is 0.416 e. The molecule has 1 aliphatic heterocycles. The van der Waals surface area contributed by atoms with Crippen LogP contribution in [-0.2, 0) is 12.7 Å². The van der Waals surface area contributed by atoms with Gasteiger partial charge in [-0.25, -0.2) is 0 Å². The highest BCUT2D eigenvalue weighted by molar-refractivity contribution is 5.25. The first kappa shape index (κ1) is 16.3. The van der Waals surface area contributed by atoms with Gasteiger partial charge < -0.3 is 5.32 Å². The summed E-state index contributed by atoms with van der Waals surface area (Å²) in [6, 6.07) is 6.09. The van der Waals surface area contributed by atoms with Gasteiger partial charge in [0, 0.05) is 32.2 Å². The number of nitrogens with zero attached hydrogens (tertiary/aromatic N) is 1. The summed E-state index contributed by atoms with van der Waals surface area (Å²) in [4.78, 5) is 2.24. The van der Waals surface area contributed by atoms with Crippen LogP contribution in [0.15, 0.2) is 24.3 Å². The second-order valence-corrected chi connectivity index (χ2v) is 6.21. The Hall–Kier alpha value is -1.07. The molecule has 1 aromatic carbocycles. The molecule has 1 heterocycles. The third-order valence-corrected chi connectivity index (χ3v) is 3.76. The predicted molar refractivity (Wildman–Crippen MR) is 78.0 cm³/mol. The van der Waals surface area contributed by atoms with Crippen LogP contribution in [0.5, 0.6) is 0 Å². The zero-order chi connectivity index (χ0) is 15.5. The van der Waals surface area contributed by atoms with Crippen LogP contribution in [0.2, 0.25) is 0 Å². The van der Waals surface area contributed by atoms with Gasteiger partial charge in [-0.05, 0) is 24.0 Å². The number of piperazine rings is 1.